The number of rotatable bonds is 5. The molecule has 1 atom stereocenters. The summed E-state index contributed by atoms with van der Waals surface area (Å²) in [6, 6.07) is 9.36. The van der Waals surface area contributed by atoms with E-state index in [1.54, 1.807) is 13.0 Å². The third-order valence-electron chi connectivity index (χ3n) is 4.60. The van der Waals surface area contributed by atoms with Gasteiger partial charge in [-0.1, -0.05) is 18.2 Å². The van der Waals surface area contributed by atoms with Gasteiger partial charge in [0.15, 0.2) is 0 Å². The van der Waals surface area contributed by atoms with Crippen LogP contribution in [0.2, 0.25) is 0 Å². The normalized spacial score (nSPS) is 17.9. The zero-order valence-electron chi connectivity index (χ0n) is 15.4. The average Bonchev–Trinajstić information content (AvgIpc) is 2.68. The van der Waals surface area contributed by atoms with Crippen molar-refractivity contribution < 1.29 is 31.8 Å². The Kier molecular flexibility index (Phi) is 6.70. The van der Waals surface area contributed by atoms with Gasteiger partial charge < -0.3 is 9.84 Å². The Morgan fingerprint density at radius 1 is 1.07 bits per heavy atom. The molecule has 158 valence electrons. The lowest BCUT2D eigenvalue weighted by Crippen LogP contribution is -2.31. The number of halogens is 5. The van der Waals surface area contributed by atoms with Crippen molar-refractivity contribution in [3.05, 3.63) is 64.7 Å². The van der Waals surface area contributed by atoms with E-state index in [1.807, 2.05) is 0 Å². The largest absolute Gasteiger partial charge is 0.435 e. The second kappa shape index (κ2) is 8.73. The SMILES string of the molecule is Cc1cc(C(O)C2(c3cccc(C(F)(F)F)c3)SCCCS2)ccc1OC(F)F. The topological polar surface area (TPSA) is 29.5 Å². The number of aryl methyl sites for hydroxylation is 1. The minimum Gasteiger partial charge on any atom is -0.435 e. The molecule has 2 aromatic carbocycles. The van der Waals surface area contributed by atoms with Crippen molar-refractivity contribution in [1.82, 2.24) is 0 Å². The van der Waals surface area contributed by atoms with E-state index < -0.39 is 28.5 Å². The maximum atomic E-state index is 13.2. The first-order valence-electron chi connectivity index (χ1n) is 8.82. The Hall–Kier alpha value is -1.45. The van der Waals surface area contributed by atoms with E-state index in [2.05, 4.69) is 4.74 Å². The number of aliphatic hydroxyl groups is 1. The van der Waals surface area contributed by atoms with Crippen LogP contribution < -0.4 is 4.74 Å². The van der Waals surface area contributed by atoms with E-state index in [-0.39, 0.29) is 5.75 Å². The number of benzene rings is 2. The number of aliphatic hydroxyl groups excluding tert-OH is 1. The first-order valence-corrected chi connectivity index (χ1v) is 10.8. The molecule has 1 fully saturated rings. The van der Waals surface area contributed by atoms with Crippen LogP contribution in [-0.4, -0.2) is 23.2 Å². The summed E-state index contributed by atoms with van der Waals surface area (Å²) >= 11 is 2.80. The van der Waals surface area contributed by atoms with Gasteiger partial charge in [-0.25, -0.2) is 0 Å². The predicted octanol–water partition coefficient (Wildman–Crippen LogP) is 6.37. The minimum atomic E-state index is -4.49. The molecule has 0 saturated carbocycles. The molecule has 0 aliphatic carbocycles. The van der Waals surface area contributed by atoms with Crippen molar-refractivity contribution in [3.8, 4) is 5.75 Å². The van der Waals surface area contributed by atoms with Crippen LogP contribution in [0, 0.1) is 6.92 Å². The number of ether oxygens (including phenoxy) is 1. The van der Waals surface area contributed by atoms with Crippen molar-refractivity contribution >= 4 is 23.5 Å². The molecule has 1 unspecified atom stereocenters. The van der Waals surface area contributed by atoms with Crippen LogP contribution in [0.4, 0.5) is 22.0 Å². The molecule has 0 spiro atoms. The van der Waals surface area contributed by atoms with Gasteiger partial charge in [0.1, 0.15) is 15.9 Å². The van der Waals surface area contributed by atoms with Crippen molar-refractivity contribution in [2.75, 3.05) is 11.5 Å². The van der Waals surface area contributed by atoms with Crippen LogP contribution >= 0.6 is 23.5 Å². The lowest BCUT2D eigenvalue weighted by Gasteiger charge is -2.41. The molecular weight excluding hydrogens is 431 g/mol. The molecule has 0 aromatic heterocycles. The van der Waals surface area contributed by atoms with Gasteiger partial charge in [-0.2, -0.15) is 22.0 Å². The molecule has 1 N–H and O–H groups in total. The fourth-order valence-electron chi connectivity index (χ4n) is 3.23. The fourth-order valence-corrected chi connectivity index (χ4v) is 6.61. The van der Waals surface area contributed by atoms with Crippen LogP contribution in [0.15, 0.2) is 42.5 Å². The van der Waals surface area contributed by atoms with E-state index in [0.717, 1.165) is 18.6 Å². The molecule has 0 amide bonds. The van der Waals surface area contributed by atoms with E-state index in [4.69, 9.17) is 0 Å². The molecular formula is C20H19F5O2S2. The second-order valence-corrected chi connectivity index (χ2v) is 9.54. The van der Waals surface area contributed by atoms with Crippen LogP contribution in [0.3, 0.4) is 0 Å². The van der Waals surface area contributed by atoms with Crippen LogP contribution in [0.1, 0.15) is 34.8 Å². The third-order valence-corrected chi connectivity index (χ3v) is 8.07. The summed E-state index contributed by atoms with van der Waals surface area (Å²) in [5, 5.41) is 11.2. The van der Waals surface area contributed by atoms with Gasteiger partial charge in [0.2, 0.25) is 0 Å². The summed E-state index contributed by atoms with van der Waals surface area (Å²) in [5.41, 5.74) is 0.445. The lowest BCUT2D eigenvalue weighted by atomic mass is 9.97. The highest BCUT2D eigenvalue weighted by atomic mass is 32.2. The van der Waals surface area contributed by atoms with Crippen molar-refractivity contribution in [1.29, 1.82) is 0 Å². The highest BCUT2D eigenvalue weighted by Gasteiger charge is 2.44. The van der Waals surface area contributed by atoms with E-state index in [1.165, 1.54) is 47.8 Å². The summed E-state index contributed by atoms with van der Waals surface area (Å²) in [7, 11) is 0. The lowest BCUT2D eigenvalue weighted by molar-refractivity contribution is -0.137. The third kappa shape index (κ3) is 4.83. The van der Waals surface area contributed by atoms with Gasteiger partial charge in [-0.3, -0.25) is 0 Å². The zero-order chi connectivity index (χ0) is 21.2. The van der Waals surface area contributed by atoms with E-state index in [9.17, 15) is 27.1 Å². The summed E-state index contributed by atoms with van der Waals surface area (Å²) in [6.45, 7) is -1.39. The van der Waals surface area contributed by atoms with Gasteiger partial charge in [0.25, 0.3) is 0 Å². The number of thioether (sulfide) groups is 2. The van der Waals surface area contributed by atoms with Gasteiger partial charge in [-0.05, 0) is 65.8 Å². The molecule has 3 rings (SSSR count). The van der Waals surface area contributed by atoms with Crippen LogP contribution in [-0.2, 0) is 10.3 Å². The van der Waals surface area contributed by atoms with Crippen molar-refractivity contribution in [2.24, 2.45) is 0 Å². The Labute approximate surface area is 173 Å². The first-order chi connectivity index (χ1) is 13.6. The van der Waals surface area contributed by atoms with Crippen LogP contribution in [0.5, 0.6) is 5.75 Å². The molecule has 1 heterocycles. The zero-order valence-corrected chi connectivity index (χ0v) is 17.0. The standard InChI is InChI=1S/C20H19F5O2S2/c1-12-10-13(6-7-16(12)27-18(21)22)17(26)19(28-8-3-9-29-19)14-4-2-5-15(11-14)20(23,24)25/h2,4-7,10-11,17-18,26H,3,8-9H2,1H3. The molecule has 2 nitrogen and oxygen atoms in total. The Bertz CT molecular complexity index is 851. The van der Waals surface area contributed by atoms with Crippen molar-refractivity contribution in [2.45, 2.75) is 36.3 Å². The summed E-state index contributed by atoms with van der Waals surface area (Å²) in [6.07, 6.45) is -4.75. The molecule has 9 heteroatoms. The predicted molar refractivity (Wildman–Crippen MR) is 105 cm³/mol. The fraction of sp³-hybridized carbons (Fsp3) is 0.400. The Balaban J connectivity index is 2.02. The molecule has 29 heavy (non-hydrogen) atoms. The number of hydrogen-bond donors (Lipinski definition) is 1. The number of alkyl halides is 5. The highest BCUT2D eigenvalue weighted by Crippen LogP contribution is 2.58. The summed E-state index contributed by atoms with van der Waals surface area (Å²) in [5.74, 6) is 1.37. The van der Waals surface area contributed by atoms with Gasteiger partial charge >= 0.3 is 12.8 Å². The van der Waals surface area contributed by atoms with Gasteiger partial charge in [0, 0.05) is 0 Å². The van der Waals surface area contributed by atoms with Crippen LogP contribution in [0.25, 0.3) is 0 Å². The smallest absolute Gasteiger partial charge is 0.416 e. The van der Waals surface area contributed by atoms with Crippen molar-refractivity contribution in [3.63, 3.8) is 0 Å². The quantitative estimate of drug-likeness (QED) is 0.536. The number of hydrogen-bond acceptors (Lipinski definition) is 4. The monoisotopic (exact) mass is 450 g/mol. The molecule has 1 aliphatic heterocycles. The Morgan fingerprint density at radius 2 is 1.76 bits per heavy atom. The van der Waals surface area contributed by atoms with Gasteiger partial charge in [-0.15, -0.1) is 23.5 Å². The molecule has 1 aliphatic rings. The summed E-state index contributed by atoms with van der Waals surface area (Å²) in [4.78, 5) is 0. The van der Waals surface area contributed by atoms with E-state index >= 15 is 0 Å². The summed E-state index contributed by atoms with van der Waals surface area (Å²) < 4.78 is 68.1. The van der Waals surface area contributed by atoms with E-state index in [0.29, 0.717) is 28.2 Å². The maximum Gasteiger partial charge on any atom is 0.416 e. The molecule has 0 bridgehead atoms. The molecule has 0 radical (unpaired) electrons. The average molecular weight is 450 g/mol. The Morgan fingerprint density at radius 3 is 2.34 bits per heavy atom. The minimum absolute atomic E-state index is 0.00646. The molecule has 1 saturated heterocycles. The highest BCUT2D eigenvalue weighted by molar-refractivity contribution is 8.18. The molecule has 2 aromatic rings. The maximum absolute atomic E-state index is 13.2. The first kappa shape index (κ1) is 22.2. The van der Waals surface area contributed by atoms with Gasteiger partial charge in [0.05, 0.1) is 5.56 Å². The second-order valence-electron chi connectivity index (χ2n) is 6.60.